The lowest BCUT2D eigenvalue weighted by molar-refractivity contribution is -0.946. The van der Waals surface area contributed by atoms with Gasteiger partial charge in [-0.05, 0) is 30.5 Å². The molecule has 36 heavy (non-hydrogen) atoms. The first-order chi connectivity index (χ1) is 17.6. The number of quaternary nitrogens is 1. The predicted molar refractivity (Wildman–Crippen MR) is 134 cm³/mol. The highest BCUT2D eigenvalue weighted by molar-refractivity contribution is 5.83. The molecule has 0 spiro atoms. The number of nitrogens with zero attached hydrogens (tertiary/aromatic N) is 2. The fourth-order valence-electron chi connectivity index (χ4n) is 6.41. The molecule has 4 heterocycles. The Labute approximate surface area is 214 Å². The highest BCUT2D eigenvalue weighted by Crippen LogP contribution is 2.42. The van der Waals surface area contributed by atoms with Gasteiger partial charge in [-0.1, -0.05) is 56.0 Å². The average Bonchev–Trinajstić information content (AvgIpc) is 3.18. The van der Waals surface area contributed by atoms with Gasteiger partial charge in [0.1, 0.15) is 25.4 Å². The van der Waals surface area contributed by atoms with Crippen LogP contribution >= 0.6 is 0 Å². The first-order valence-corrected chi connectivity index (χ1v) is 13.3. The monoisotopic (exact) mass is 494 g/mol. The van der Waals surface area contributed by atoms with E-state index >= 15 is 0 Å². The molecule has 7 heteroatoms. The Hall–Kier alpha value is -2.93. The van der Waals surface area contributed by atoms with E-state index in [1.54, 1.807) is 12.4 Å². The van der Waals surface area contributed by atoms with Crippen molar-refractivity contribution in [2.24, 2.45) is 5.92 Å². The summed E-state index contributed by atoms with van der Waals surface area (Å²) in [4.78, 5) is 26.2. The largest absolute Gasteiger partial charge is 0.554 e. The maximum Gasteiger partial charge on any atom is 0.317 e. The van der Waals surface area contributed by atoms with Crippen molar-refractivity contribution in [3.05, 3.63) is 60.4 Å². The normalized spacial score (nSPS) is 26.6. The van der Waals surface area contributed by atoms with Gasteiger partial charge in [-0.2, -0.15) is 0 Å². The molecule has 1 atom stereocenters. The van der Waals surface area contributed by atoms with Gasteiger partial charge in [-0.15, -0.1) is 0 Å². The van der Waals surface area contributed by atoms with Crippen molar-refractivity contribution in [2.75, 3.05) is 32.8 Å². The van der Waals surface area contributed by atoms with Crippen LogP contribution in [0.15, 0.2) is 54.9 Å². The van der Waals surface area contributed by atoms with Crippen molar-refractivity contribution < 1.29 is 28.7 Å². The second-order valence-corrected chi connectivity index (χ2v) is 10.5. The van der Waals surface area contributed by atoms with Gasteiger partial charge < -0.3 is 23.9 Å². The molecule has 6 rings (SSSR count). The molecule has 1 aromatic heterocycles. The molecule has 1 saturated carbocycles. The number of hydrogen-bond donors (Lipinski definition) is 0. The Morgan fingerprint density at radius 3 is 2.39 bits per heavy atom. The Morgan fingerprint density at radius 2 is 1.75 bits per heavy atom. The Balaban J connectivity index is 0.000000967. The van der Waals surface area contributed by atoms with Crippen LogP contribution in [0.2, 0.25) is 0 Å². The van der Waals surface area contributed by atoms with E-state index in [2.05, 4.69) is 29.2 Å². The van der Waals surface area contributed by atoms with Crippen molar-refractivity contribution in [3.63, 3.8) is 0 Å². The number of esters is 1. The molecule has 1 unspecified atom stereocenters. The van der Waals surface area contributed by atoms with Gasteiger partial charge in [0.05, 0.1) is 24.7 Å². The summed E-state index contributed by atoms with van der Waals surface area (Å²) in [6.45, 7) is 4.39. The molecule has 1 aliphatic carbocycles. The standard InChI is InChI=1S/C28H37N2O3.CH2O2/c31-27(28(14-6-1-2-7-15-28)24-9-4-3-5-10-24)33-26-22-30(17-12-23(26)13-18-30)19-20-32-25-11-8-16-29-21-25;2-1-3/h3-5,8-11,16,21,23,26H,1-2,6-7,12-15,17-20,22H2;1H,(H,2,3)/q+1;/p-1. The minimum absolute atomic E-state index is 0.0270. The topological polar surface area (TPSA) is 88.6 Å². The molecule has 4 fully saturated rings. The highest BCUT2D eigenvalue weighted by atomic mass is 16.5. The Kier molecular flexibility index (Phi) is 8.97. The molecule has 1 aromatic carbocycles. The van der Waals surface area contributed by atoms with Crippen LogP contribution in [0.3, 0.4) is 0 Å². The van der Waals surface area contributed by atoms with E-state index < -0.39 is 11.9 Å². The van der Waals surface area contributed by atoms with Gasteiger partial charge in [0.25, 0.3) is 0 Å². The molecule has 0 N–H and O–H groups in total. The number of aromatic nitrogens is 1. The number of rotatable bonds is 7. The molecule has 0 radical (unpaired) electrons. The summed E-state index contributed by atoms with van der Waals surface area (Å²) in [7, 11) is 0. The van der Waals surface area contributed by atoms with Gasteiger partial charge in [0.2, 0.25) is 0 Å². The lowest BCUT2D eigenvalue weighted by Crippen LogP contribution is -2.65. The Morgan fingerprint density at radius 1 is 1.06 bits per heavy atom. The summed E-state index contributed by atoms with van der Waals surface area (Å²) in [5.74, 6) is 1.36. The number of carbonyl (C=O) groups excluding carboxylic acids is 2. The summed E-state index contributed by atoms with van der Waals surface area (Å²) in [6.07, 6.45) is 12.3. The van der Waals surface area contributed by atoms with Crippen LogP contribution in [-0.2, 0) is 19.7 Å². The molecule has 7 nitrogen and oxygen atoms in total. The molecular weight excluding hydrogens is 456 g/mol. The van der Waals surface area contributed by atoms with E-state index in [4.69, 9.17) is 19.4 Å². The third kappa shape index (κ3) is 6.06. The minimum atomic E-state index is -0.500. The summed E-state index contributed by atoms with van der Waals surface area (Å²) in [6, 6.07) is 14.3. The number of piperidine rings is 3. The van der Waals surface area contributed by atoms with E-state index in [-0.39, 0.29) is 12.1 Å². The second kappa shape index (κ2) is 12.3. The first kappa shape index (κ1) is 26.1. The predicted octanol–water partition coefficient (Wildman–Crippen LogP) is 3.27. The average molecular weight is 495 g/mol. The fourth-order valence-corrected chi connectivity index (χ4v) is 6.41. The van der Waals surface area contributed by atoms with Crippen LogP contribution in [-0.4, -0.2) is 60.8 Å². The van der Waals surface area contributed by atoms with Gasteiger partial charge >= 0.3 is 5.97 Å². The number of pyridine rings is 1. The number of benzene rings is 1. The fraction of sp³-hybridized carbons (Fsp3) is 0.552. The maximum absolute atomic E-state index is 13.9. The third-order valence-corrected chi connectivity index (χ3v) is 8.44. The number of fused-ring (bicyclic) bond motifs is 3. The SMILES string of the molecule is O=C(OC1C[N+]2(CCOc3cccnc3)CCC1CC2)C1(c2ccccc2)CCCCCC1.O=C[O-]. The van der Waals surface area contributed by atoms with E-state index in [0.29, 0.717) is 12.5 Å². The molecule has 3 aliphatic heterocycles. The molecule has 2 bridgehead atoms. The van der Waals surface area contributed by atoms with Crippen LogP contribution in [0.1, 0.15) is 56.9 Å². The molecule has 3 saturated heterocycles. The van der Waals surface area contributed by atoms with Crippen molar-refractivity contribution >= 4 is 12.4 Å². The number of ether oxygens (including phenoxy) is 2. The summed E-state index contributed by atoms with van der Waals surface area (Å²) >= 11 is 0. The molecular formula is C29H38N2O5. The molecule has 2 aromatic rings. The van der Waals surface area contributed by atoms with Crippen molar-refractivity contribution in [1.29, 1.82) is 0 Å². The zero-order valence-corrected chi connectivity index (χ0v) is 21.1. The summed E-state index contributed by atoms with van der Waals surface area (Å²) in [5, 5.41) is 8.25. The quantitative estimate of drug-likeness (QED) is 0.254. The number of carboxylic acid groups (broad SMARTS) is 1. The van der Waals surface area contributed by atoms with Crippen LogP contribution < -0.4 is 9.84 Å². The lowest BCUT2D eigenvalue weighted by Gasteiger charge is -2.52. The van der Waals surface area contributed by atoms with Gasteiger partial charge in [0, 0.05) is 31.4 Å². The molecule has 194 valence electrons. The zero-order chi connectivity index (χ0) is 25.3. The highest BCUT2D eigenvalue weighted by Gasteiger charge is 2.50. The molecule has 0 amide bonds. The van der Waals surface area contributed by atoms with Crippen molar-refractivity contribution in [2.45, 2.75) is 62.9 Å². The minimum Gasteiger partial charge on any atom is -0.554 e. The maximum atomic E-state index is 13.9. The van der Waals surface area contributed by atoms with Gasteiger partial charge in [0.15, 0.2) is 6.10 Å². The lowest BCUT2D eigenvalue weighted by atomic mass is 9.74. The van der Waals surface area contributed by atoms with Crippen LogP contribution in [0.4, 0.5) is 0 Å². The van der Waals surface area contributed by atoms with E-state index in [1.807, 2.05) is 18.2 Å². The van der Waals surface area contributed by atoms with Crippen molar-refractivity contribution in [1.82, 2.24) is 4.98 Å². The van der Waals surface area contributed by atoms with E-state index in [1.165, 1.54) is 25.9 Å². The number of hydrogen-bond acceptors (Lipinski definition) is 6. The van der Waals surface area contributed by atoms with Gasteiger partial charge in [-0.3, -0.25) is 9.78 Å². The zero-order valence-electron chi connectivity index (χ0n) is 21.1. The van der Waals surface area contributed by atoms with E-state index in [9.17, 15) is 4.79 Å². The number of carbonyl (C=O) groups is 2. The first-order valence-electron chi connectivity index (χ1n) is 13.3. The smallest absolute Gasteiger partial charge is 0.317 e. The van der Waals surface area contributed by atoms with Crippen LogP contribution in [0.25, 0.3) is 0 Å². The second-order valence-electron chi connectivity index (χ2n) is 10.5. The molecule has 4 aliphatic rings. The van der Waals surface area contributed by atoms with E-state index in [0.717, 1.165) is 67.4 Å². The summed E-state index contributed by atoms with van der Waals surface area (Å²) in [5.41, 5.74) is 0.671. The van der Waals surface area contributed by atoms with Crippen molar-refractivity contribution in [3.8, 4) is 5.75 Å². The Bertz CT molecular complexity index is 952. The van der Waals surface area contributed by atoms with Crippen LogP contribution in [0.5, 0.6) is 5.75 Å². The summed E-state index contributed by atoms with van der Waals surface area (Å²) < 4.78 is 13.4. The van der Waals surface area contributed by atoms with Gasteiger partial charge in [-0.25, -0.2) is 0 Å². The van der Waals surface area contributed by atoms with Crippen LogP contribution in [0, 0.1) is 5.92 Å². The third-order valence-electron chi connectivity index (χ3n) is 8.44.